The highest BCUT2D eigenvalue weighted by Crippen LogP contribution is 2.17. The Morgan fingerprint density at radius 3 is 2.75 bits per heavy atom. The first-order valence-corrected chi connectivity index (χ1v) is 6.56. The van der Waals surface area contributed by atoms with Crippen LogP contribution in [0.2, 0.25) is 0 Å². The Balaban J connectivity index is 1.92. The van der Waals surface area contributed by atoms with Crippen molar-refractivity contribution in [2.24, 2.45) is 0 Å². The molecule has 0 saturated heterocycles. The van der Waals surface area contributed by atoms with Gasteiger partial charge in [-0.2, -0.15) is 0 Å². The highest BCUT2D eigenvalue weighted by molar-refractivity contribution is 5.33. The summed E-state index contributed by atoms with van der Waals surface area (Å²) in [6.07, 6.45) is 1.72. The summed E-state index contributed by atoms with van der Waals surface area (Å²) in [6.45, 7) is 5.42. The molecule has 0 atom stereocenters. The average molecular weight is 271 g/mol. The number of rotatable bonds is 7. The van der Waals surface area contributed by atoms with Crippen LogP contribution in [-0.4, -0.2) is 6.61 Å². The Hall–Kier alpha value is -2.13. The molecule has 2 aromatic carbocycles. The SMILES string of the molecule is C=CCOc1ccccc1CNCc1cccc(F)c1. The van der Waals surface area contributed by atoms with E-state index in [1.165, 1.54) is 12.1 Å². The fourth-order valence-corrected chi connectivity index (χ4v) is 1.93. The summed E-state index contributed by atoms with van der Waals surface area (Å²) in [7, 11) is 0. The van der Waals surface area contributed by atoms with Crippen molar-refractivity contribution in [2.75, 3.05) is 6.61 Å². The van der Waals surface area contributed by atoms with Crippen LogP contribution in [0.3, 0.4) is 0 Å². The normalized spacial score (nSPS) is 10.2. The van der Waals surface area contributed by atoms with E-state index in [1.54, 1.807) is 12.1 Å². The number of halogens is 1. The van der Waals surface area contributed by atoms with Gasteiger partial charge in [0.1, 0.15) is 18.2 Å². The first kappa shape index (κ1) is 14.3. The number of hydrogen-bond donors (Lipinski definition) is 1. The lowest BCUT2D eigenvalue weighted by Gasteiger charge is -2.11. The van der Waals surface area contributed by atoms with Crippen molar-refractivity contribution < 1.29 is 9.13 Å². The van der Waals surface area contributed by atoms with Gasteiger partial charge in [-0.1, -0.05) is 43.0 Å². The van der Waals surface area contributed by atoms with Gasteiger partial charge in [0, 0.05) is 18.7 Å². The third-order valence-electron chi connectivity index (χ3n) is 2.86. The Kier molecular flexibility index (Phi) is 5.33. The third kappa shape index (κ3) is 4.21. The van der Waals surface area contributed by atoms with Gasteiger partial charge in [0.2, 0.25) is 0 Å². The summed E-state index contributed by atoms with van der Waals surface area (Å²) in [4.78, 5) is 0. The van der Waals surface area contributed by atoms with Crippen molar-refractivity contribution in [3.05, 3.63) is 78.1 Å². The summed E-state index contributed by atoms with van der Waals surface area (Å²) in [5, 5.41) is 3.29. The highest BCUT2D eigenvalue weighted by atomic mass is 19.1. The maximum Gasteiger partial charge on any atom is 0.124 e. The van der Waals surface area contributed by atoms with Gasteiger partial charge in [-0.05, 0) is 23.8 Å². The highest BCUT2D eigenvalue weighted by Gasteiger charge is 2.02. The molecule has 0 unspecified atom stereocenters. The molecule has 0 fully saturated rings. The zero-order valence-electron chi connectivity index (χ0n) is 11.3. The predicted octanol–water partition coefficient (Wildman–Crippen LogP) is 3.68. The lowest BCUT2D eigenvalue weighted by Crippen LogP contribution is -2.13. The Morgan fingerprint density at radius 2 is 1.95 bits per heavy atom. The van der Waals surface area contributed by atoms with E-state index in [0.29, 0.717) is 19.7 Å². The predicted molar refractivity (Wildman–Crippen MR) is 79.1 cm³/mol. The minimum atomic E-state index is -0.209. The second-order valence-electron chi connectivity index (χ2n) is 4.44. The van der Waals surface area contributed by atoms with Crippen molar-refractivity contribution in [1.82, 2.24) is 5.32 Å². The molecule has 0 amide bonds. The maximum absolute atomic E-state index is 13.1. The van der Waals surface area contributed by atoms with Crippen LogP contribution in [0, 0.1) is 5.82 Å². The molecule has 0 bridgehead atoms. The first-order chi connectivity index (χ1) is 9.79. The molecular formula is C17H18FNO. The molecule has 0 aliphatic rings. The smallest absolute Gasteiger partial charge is 0.124 e. The molecule has 2 rings (SSSR count). The van der Waals surface area contributed by atoms with E-state index in [-0.39, 0.29) is 5.82 Å². The molecule has 0 heterocycles. The van der Waals surface area contributed by atoms with E-state index in [1.807, 2.05) is 30.3 Å². The molecule has 0 saturated carbocycles. The third-order valence-corrected chi connectivity index (χ3v) is 2.86. The molecule has 0 aliphatic carbocycles. The molecular weight excluding hydrogens is 253 g/mol. The van der Waals surface area contributed by atoms with Crippen LogP contribution in [0.15, 0.2) is 61.2 Å². The molecule has 104 valence electrons. The van der Waals surface area contributed by atoms with Gasteiger partial charge < -0.3 is 10.1 Å². The van der Waals surface area contributed by atoms with Gasteiger partial charge in [-0.25, -0.2) is 4.39 Å². The van der Waals surface area contributed by atoms with E-state index in [0.717, 1.165) is 16.9 Å². The van der Waals surface area contributed by atoms with Crippen LogP contribution in [0.5, 0.6) is 5.75 Å². The number of para-hydroxylation sites is 1. The quantitative estimate of drug-likeness (QED) is 0.776. The van der Waals surface area contributed by atoms with E-state index < -0.39 is 0 Å². The summed E-state index contributed by atoms with van der Waals surface area (Å²) >= 11 is 0. The number of hydrogen-bond acceptors (Lipinski definition) is 2. The molecule has 3 heteroatoms. The monoisotopic (exact) mass is 271 g/mol. The summed E-state index contributed by atoms with van der Waals surface area (Å²) in [5.41, 5.74) is 2.00. The Bertz CT molecular complexity index is 568. The fraction of sp³-hybridized carbons (Fsp3) is 0.176. The van der Waals surface area contributed by atoms with Gasteiger partial charge >= 0.3 is 0 Å². The maximum atomic E-state index is 13.1. The molecule has 0 aliphatic heterocycles. The minimum absolute atomic E-state index is 0.209. The second-order valence-corrected chi connectivity index (χ2v) is 4.44. The number of nitrogens with one attached hydrogen (secondary N) is 1. The summed E-state index contributed by atoms with van der Waals surface area (Å²) < 4.78 is 18.7. The van der Waals surface area contributed by atoms with Crippen LogP contribution >= 0.6 is 0 Å². The minimum Gasteiger partial charge on any atom is -0.489 e. The van der Waals surface area contributed by atoms with Crippen LogP contribution in [-0.2, 0) is 13.1 Å². The molecule has 0 aromatic heterocycles. The van der Waals surface area contributed by atoms with Gasteiger partial charge in [-0.3, -0.25) is 0 Å². The molecule has 2 nitrogen and oxygen atoms in total. The largest absolute Gasteiger partial charge is 0.489 e. The van der Waals surface area contributed by atoms with Crippen molar-refractivity contribution in [3.63, 3.8) is 0 Å². The zero-order chi connectivity index (χ0) is 14.2. The molecule has 0 radical (unpaired) electrons. The van der Waals surface area contributed by atoms with E-state index in [2.05, 4.69) is 11.9 Å². The van der Waals surface area contributed by atoms with Crippen LogP contribution in [0.25, 0.3) is 0 Å². The lowest BCUT2D eigenvalue weighted by molar-refractivity contribution is 0.358. The van der Waals surface area contributed by atoms with E-state index in [9.17, 15) is 4.39 Å². The molecule has 2 aromatic rings. The lowest BCUT2D eigenvalue weighted by atomic mass is 10.2. The average Bonchev–Trinajstić information content (AvgIpc) is 2.46. The van der Waals surface area contributed by atoms with E-state index >= 15 is 0 Å². The van der Waals surface area contributed by atoms with Gasteiger partial charge in [-0.15, -0.1) is 0 Å². The van der Waals surface area contributed by atoms with Gasteiger partial charge in [0.05, 0.1) is 0 Å². The number of ether oxygens (including phenoxy) is 1. The summed E-state index contributed by atoms with van der Waals surface area (Å²) in [5.74, 6) is 0.637. The summed E-state index contributed by atoms with van der Waals surface area (Å²) in [6, 6.07) is 14.5. The van der Waals surface area contributed by atoms with E-state index in [4.69, 9.17) is 4.74 Å². The van der Waals surface area contributed by atoms with Crippen LogP contribution < -0.4 is 10.1 Å². The Morgan fingerprint density at radius 1 is 1.10 bits per heavy atom. The molecule has 0 spiro atoms. The molecule has 1 N–H and O–H groups in total. The van der Waals surface area contributed by atoms with Crippen molar-refractivity contribution in [2.45, 2.75) is 13.1 Å². The van der Waals surface area contributed by atoms with Crippen molar-refractivity contribution in [3.8, 4) is 5.75 Å². The van der Waals surface area contributed by atoms with Crippen LogP contribution in [0.1, 0.15) is 11.1 Å². The molecule has 20 heavy (non-hydrogen) atoms. The zero-order valence-corrected chi connectivity index (χ0v) is 11.3. The van der Waals surface area contributed by atoms with Gasteiger partial charge in [0.25, 0.3) is 0 Å². The first-order valence-electron chi connectivity index (χ1n) is 6.56. The Labute approximate surface area is 118 Å². The topological polar surface area (TPSA) is 21.3 Å². The standard InChI is InChI=1S/C17H18FNO/c1-2-10-20-17-9-4-3-7-15(17)13-19-12-14-6-5-8-16(18)11-14/h2-9,11,19H,1,10,12-13H2. The fourth-order valence-electron chi connectivity index (χ4n) is 1.93. The second kappa shape index (κ2) is 7.46. The van der Waals surface area contributed by atoms with Crippen LogP contribution in [0.4, 0.5) is 4.39 Å². The van der Waals surface area contributed by atoms with Crippen molar-refractivity contribution >= 4 is 0 Å². The van der Waals surface area contributed by atoms with Crippen molar-refractivity contribution in [1.29, 1.82) is 0 Å². The van der Waals surface area contributed by atoms with Gasteiger partial charge in [0.15, 0.2) is 0 Å². The number of benzene rings is 2.